The molecule has 0 amide bonds. The van der Waals surface area contributed by atoms with Crippen molar-refractivity contribution in [2.24, 2.45) is 5.90 Å². The summed E-state index contributed by atoms with van der Waals surface area (Å²) in [5.74, 6) is 3.50. The number of hydrogen-bond donors (Lipinski definition) is 2. The minimum Gasteiger partial charge on any atom is -0.320 e. The molecule has 0 spiro atoms. The third-order valence-corrected chi connectivity index (χ3v) is 0.779. The minimum absolute atomic E-state index is 0.465. The highest BCUT2D eigenvalue weighted by Gasteiger charge is 1.81. The van der Waals surface area contributed by atoms with Crippen LogP contribution in [-0.4, -0.2) is 10.2 Å². The first-order valence-electron chi connectivity index (χ1n) is 3.50. The highest BCUT2D eigenvalue weighted by Crippen LogP contribution is 1.86. The van der Waals surface area contributed by atoms with E-state index >= 15 is 0 Å². The van der Waals surface area contributed by atoms with Crippen LogP contribution < -0.4 is 5.90 Å². The maximum atomic E-state index is 8.23. The molecule has 66 valence electrons. The van der Waals surface area contributed by atoms with Gasteiger partial charge in [-0.3, -0.25) is 0 Å². The number of hydrogen-bond acceptors (Lipinski definition) is 4. The van der Waals surface area contributed by atoms with E-state index in [1.165, 1.54) is 0 Å². The lowest BCUT2D eigenvalue weighted by Gasteiger charge is -1.79. The topological polar surface area (TPSA) is 82.9 Å². The van der Waals surface area contributed by atoms with Crippen LogP contribution in [0.15, 0.2) is 24.4 Å². The zero-order valence-corrected chi connectivity index (χ0v) is 7.23. The second kappa shape index (κ2) is 12.3. The number of nitriles is 1. The Labute approximate surface area is 72.2 Å². The molecule has 0 atom stereocenters. The quantitative estimate of drug-likeness (QED) is 0.571. The first-order chi connectivity index (χ1) is 5.93. The van der Waals surface area contributed by atoms with E-state index in [4.69, 9.17) is 10.5 Å². The lowest BCUT2D eigenvalue weighted by molar-refractivity contribution is 0.311. The van der Waals surface area contributed by atoms with Gasteiger partial charge in [0.1, 0.15) is 11.8 Å². The fraction of sp³-hybridized carbons (Fsp3) is 0.250. The monoisotopic (exact) mass is 167 g/mol. The van der Waals surface area contributed by atoms with Crippen LogP contribution in [0.25, 0.3) is 0 Å². The lowest BCUT2D eigenvalue weighted by Crippen LogP contribution is -1.75. The fourth-order valence-electron chi connectivity index (χ4n) is 0.429. The summed E-state index contributed by atoms with van der Waals surface area (Å²) in [6, 6.07) is 7.14. The van der Waals surface area contributed by atoms with Crippen LogP contribution in [0.2, 0.25) is 0 Å². The number of pyridine rings is 1. The Morgan fingerprint density at radius 2 is 2.00 bits per heavy atom. The van der Waals surface area contributed by atoms with Crippen LogP contribution >= 0.6 is 0 Å². The van der Waals surface area contributed by atoms with Gasteiger partial charge in [0.05, 0.1) is 0 Å². The molecular formula is C8H13N3O. The second-order valence-electron chi connectivity index (χ2n) is 1.33. The van der Waals surface area contributed by atoms with Crippen LogP contribution in [0, 0.1) is 11.3 Å². The van der Waals surface area contributed by atoms with E-state index in [0.717, 1.165) is 0 Å². The smallest absolute Gasteiger partial charge is 0.140 e. The van der Waals surface area contributed by atoms with Gasteiger partial charge in [-0.25, -0.2) is 10.9 Å². The van der Waals surface area contributed by atoms with Crippen LogP contribution in [0.1, 0.15) is 19.5 Å². The summed E-state index contributed by atoms with van der Waals surface area (Å²) >= 11 is 0. The van der Waals surface area contributed by atoms with Gasteiger partial charge in [0.25, 0.3) is 0 Å². The van der Waals surface area contributed by atoms with Crippen molar-refractivity contribution in [1.82, 2.24) is 4.98 Å². The number of nitrogens with two attached hydrogens (primary N) is 1. The molecule has 0 fully saturated rings. The molecular weight excluding hydrogens is 154 g/mol. The highest BCUT2D eigenvalue weighted by atomic mass is 16.4. The zero-order chi connectivity index (χ0) is 9.82. The summed E-state index contributed by atoms with van der Waals surface area (Å²) < 4.78 is 0. The third-order valence-electron chi connectivity index (χ3n) is 0.779. The van der Waals surface area contributed by atoms with Crippen molar-refractivity contribution in [3.05, 3.63) is 30.1 Å². The van der Waals surface area contributed by atoms with Gasteiger partial charge < -0.3 is 5.21 Å². The van der Waals surface area contributed by atoms with E-state index in [1.807, 2.05) is 19.9 Å². The average Bonchev–Trinajstić information content (AvgIpc) is 2.25. The molecule has 0 bridgehead atoms. The van der Waals surface area contributed by atoms with Crippen molar-refractivity contribution in [2.75, 3.05) is 0 Å². The SMILES string of the molecule is CC.N#Cc1ccccn1.NO. The Balaban J connectivity index is 0. The summed E-state index contributed by atoms with van der Waals surface area (Å²) in [7, 11) is 0. The van der Waals surface area contributed by atoms with Crippen LogP contribution in [0.4, 0.5) is 0 Å². The molecule has 0 aliphatic heterocycles. The molecule has 4 nitrogen and oxygen atoms in total. The van der Waals surface area contributed by atoms with Gasteiger partial charge in [-0.05, 0) is 12.1 Å². The standard InChI is InChI=1S/C6H4N2.C2H6.H3NO/c7-5-6-3-1-2-4-8-6;2*1-2/h1-4H;1-2H3;2H,1H2. The van der Waals surface area contributed by atoms with Gasteiger partial charge in [-0.1, -0.05) is 19.9 Å². The second-order valence-corrected chi connectivity index (χ2v) is 1.33. The van der Waals surface area contributed by atoms with Crippen molar-refractivity contribution in [3.8, 4) is 6.07 Å². The highest BCUT2D eigenvalue weighted by molar-refractivity contribution is 5.18. The average molecular weight is 167 g/mol. The van der Waals surface area contributed by atoms with Crippen molar-refractivity contribution >= 4 is 0 Å². The molecule has 1 rings (SSSR count). The maximum Gasteiger partial charge on any atom is 0.140 e. The van der Waals surface area contributed by atoms with Gasteiger partial charge in [0.15, 0.2) is 0 Å². The largest absolute Gasteiger partial charge is 0.320 e. The van der Waals surface area contributed by atoms with Crippen LogP contribution in [-0.2, 0) is 0 Å². The van der Waals surface area contributed by atoms with E-state index in [0.29, 0.717) is 5.69 Å². The Morgan fingerprint density at radius 3 is 2.25 bits per heavy atom. The Kier molecular flexibility index (Phi) is 13.5. The van der Waals surface area contributed by atoms with Gasteiger partial charge in [0.2, 0.25) is 0 Å². The molecule has 0 saturated carbocycles. The first-order valence-corrected chi connectivity index (χ1v) is 3.50. The van der Waals surface area contributed by atoms with Gasteiger partial charge in [-0.2, -0.15) is 5.26 Å². The Morgan fingerprint density at radius 1 is 1.42 bits per heavy atom. The van der Waals surface area contributed by atoms with E-state index in [1.54, 1.807) is 24.4 Å². The summed E-state index contributed by atoms with van der Waals surface area (Å²) in [4.78, 5) is 3.74. The zero-order valence-electron chi connectivity index (χ0n) is 7.23. The molecule has 0 aliphatic rings. The fourth-order valence-corrected chi connectivity index (χ4v) is 0.429. The minimum atomic E-state index is 0.465. The summed E-state index contributed by atoms with van der Waals surface area (Å²) in [5.41, 5.74) is 0.465. The van der Waals surface area contributed by atoms with Crippen molar-refractivity contribution in [1.29, 1.82) is 5.26 Å². The molecule has 0 aromatic carbocycles. The van der Waals surface area contributed by atoms with E-state index in [2.05, 4.69) is 10.9 Å². The summed E-state index contributed by atoms with van der Waals surface area (Å²) in [5, 5.41) is 14.7. The summed E-state index contributed by atoms with van der Waals surface area (Å²) in [6.07, 6.45) is 1.60. The molecule has 12 heavy (non-hydrogen) atoms. The molecule has 0 radical (unpaired) electrons. The predicted molar refractivity (Wildman–Crippen MR) is 46.3 cm³/mol. The third kappa shape index (κ3) is 6.68. The molecule has 0 aliphatic carbocycles. The number of rotatable bonds is 0. The van der Waals surface area contributed by atoms with Gasteiger partial charge in [-0.15, -0.1) is 0 Å². The van der Waals surface area contributed by atoms with Gasteiger partial charge in [0, 0.05) is 6.20 Å². The molecule has 3 N–H and O–H groups in total. The predicted octanol–water partition coefficient (Wildman–Crippen LogP) is 1.31. The summed E-state index contributed by atoms with van der Waals surface area (Å²) in [6.45, 7) is 4.00. The molecule has 0 saturated heterocycles. The van der Waals surface area contributed by atoms with Crippen LogP contribution in [0.5, 0.6) is 0 Å². The number of aromatic nitrogens is 1. The van der Waals surface area contributed by atoms with Crippen molar-refractivity contribution in [3.63, 3.8) is 0 Å². The van der Waals surface area contributed by atoms with E-state index in [-0.39, 0.29) is 0 Å². The molecule has 0 unspecified atom stereocenters. The van der Waals surface area contributed by atoms with E-state index < -0.39 is 0 Å². The van der Waals surface area contributed by atoms with Crippen molar-refractivity contribution in [2.45, 2.75) is 13.8 Å². The first kappa shape index (κ1) is 13.2. The van der Waals surface area contributed by atoms with Crippen molar-refractivity contribution < 1.29 is 5.21 Å². The Bertz CT molecular complexity index is 205. The lowest BCUT2D eigenvalue weighted by atomic mass is 10.4. The molecule has 1 aromatic heterocycles. The van der Waals surface area contributed by atoms with Gasteiger partial charge >= 0.3 is 0 Å². The normalized spacial score (nSPS) is 6.25. The number of nitrogens with zero attached hydrogens (tertiary/aromatic N) is 2. The Hall–Kier alpha value is -1.44. The molecule has 1 aromatic rings. The van der Waals surface area contributed by atoms with Crippen LogP contribution in [0.3, 0.4) is 0 Å². The maximum absolute atomic E-state index is 8.23. The molecule has 4 heteroatoms. The molecule has 1 heterocycles. The van der Waals surface area contributed by atoms with E-state index in [9.17, 15) is 0 Å².